The van der Waals surface area contributed by atoms with Crippen molar-refractivity contribution in [2.24, 2.45) is 0 Å². The fraction of sp³-hybridized carbons (Fsp3) is 0.353. The predicted molar refractivity (Wildman–Crippen MR) is 89.4 cm³/mol. The SMILES string of the molecule is COc1cc2ncc(C#N)c(N3CCC(NC=O)C3)c2cc1OC. The van der Waals surface area contributed by atoms with Gasteiger partial charge in [-0.2, -0.15) is 5.26 Å². The summed E-state index contributed by atoms with van der Waals surface area (Å²) in [7, 11) is 3.15. The Morgan fingerprint density at radius 1 is 1.38 bits per heavy atom. The minimum atomic E-state index is 0.0809. The lowest BCUT2D eigenvalue weighted by atomic mass is 10.1. The highest BCUT2D eigenvalue weighted by atomic mass is 16.5. The quantitative estimate of drug-likeness (QED) is 0.837. The molecule has 1 fully saturated rings. The van der Waals surface area contributed by atoms with Crippen molar-refractivity contribution in [3.8, 4) is 17.6 Å². The van der Waals surface area contributed by atoms with E-state index in [1.165, 1.54) is 0 Å². The Morgan fingerprint density at radius 3 is 2.79 bits per heavy atom. The van der Waals surface area contributed by atoms with Crippen LogP contribution in [0.2, 0.25) is 0 Å². The molecule has 24 heavy (non-hydrogen) atoms. The molecular weight excluding hydrogens is 308 g/mol. The number of hydrogen-bond acceptors (Lipinski definition) is 6. The molecule has 1 aliphatic rings. The molecule has 7 nitrogen and oxygen atoms in total. The average molecular weight is 326 g/mol. The molecule has 0 bridgehead atoms. The van der Waals surface area contributed by atoms with Gasteiger partial charge >= 0.3 is 0 Å². The van der Waals surface area contributed by atoms with E-state index in [1.54, 1.807) is 26.5 Å². The largest absolute Gasteiger partial charge is 0.493 e. The Bertz CT molecular complexity index is 816. The fourth-order valence-corrected chi connectivity index (χ4v) is 3.12. The first-order valence-corrected chi connectivity index (χ1v) is 7.61. The molecule has 1 aliphatic heterocycles. The van der Waals surface area contributed by atoms with E-state index in [9.17, 15) is 10.1 Å². The second-order valence-electron chi connectivity index (χ2n) is 5.57. The van der Waals surface area contributed by atoms with Gasteiger partial charge in [-0.3, -0.25) is 9.78 Å². The zero-order chi connectivity index (χ0) is 17.1. The molecule has 7 heteroatoms. The highest BCUT2D eigenvalue weighted by Crippen LogP contribution is 2.38. The van der Waals surface area contributed by atoms with Gasteiger partial charge in [0.1, 0.15) is 6.07 Å². The number of carbonyl (C=O) groups excluding carboxylic acids is 1. The molecule has 0 aliphatic carbocycles. The molecule has 1 saturated heterocycles. The summed E-state index contributed by atoms with van der Waals surface area (Å²) < 4.78 is 10.7. The molecule has 2 aromatic rings. The number of amides is 1. The summed E-state index contributed by atoms with van der Waals surface area (Å²) in [6.45, 7) is 1.41. The maximum absolute atomic E-state index is 10.7. The van der Waals surface area contributed by atoms with Gasteiger partial charge in [0.25, 0.3) is 0 Å². The number of hydrogen-bond donors (Lipinski definition) is 1. The summed E-state index contributed by atoms with van der Waals surface area (Å²) in [4.78, 5) is 17.1. The van der Waals surface area contributed by atoms with Gasteiger partial charge in [0.15, 0.2) is 11.5 Å². The van der Waals surface area contributed by atoms with Crippen LogP contribution < -0.4 is 19.7 Å². The first-order chi connectivity index (χ1) is 11.7. The van der Waals surface area contributed by atoms with Gasteiger partial charge in [-0.15, -0.1) is 0 Å². The van der Waals surface area contributed by atoms with Gasteiger partial charge < -0.3 is 19.7 Å². The van der Waals surface area contributed by atoms with Crippen molar-refractivity contribution >= 4 is 23.0 Å². The zero-order valence-electron chi connectivity index (χ0n) is 13.6. The third kappa shape index (κ3) is 2.67. The maximum atomic E-state index is 10.7. The lowest BCUT2D eigenvalue weighted by molar-refractivity contribution is -0.110. The average Bonchev–Trinajstić information content (AvgIpc) is 3.07. The van der Waals surface area contributed by atoms with Gasteiger partial charge in [-0.1, -0.05) is 0 Å². The number of ether oxygens (including phenoxy) is 2. The minimum absolute atomic E-state index is 0.0809. The number of nitrogens with zero attached hydrogens (tertiary/aromatic N) is 3. The van der Waals surface area contributed by atoms with Gasteiger partial charge in [-0.25, -0.2) is 0 Å². The summed E-state index contributed by atoms with van der Waals surface area (Å²) in [5, 5.41) is 13.1. The molecule has 0 radical (unpaired) electrons. The second-order valence-corrected chi connectivity index (χ2v) is 5.57. The van der Waals surface area contributed by atoms with E-state index in [0.29, 0.717) is 23.6 Å². The van der Waals surface area contributed by atoms with E-state index >= 15 is 0 Å². The number of aromatic nitrogens is 1. The Hall–Kier alpha value is -3.01. The van der Waals surface area contributed by atoms with Crippen LogP contribution in [0.5, 0.6) is 11.5 Å². The van der Waals surface area contributed by atoms with E-state index in [0.717, 1.165) is 36.0 Å². The summed E-state index contributed by atoms with van der Waals surface area (Å²) >= 11 is 0. The van der Waals surface area contributed by atoms with Crippen LogP contribution in [0.25, 0.3) is 10.9 Å². The number of methoxy groups -OCH3 is 2. The van der Waals surface area contributed by atoms with E-state index in [-0.39, 0.29) is 6.04 Å². The molecule has 2 heterocycles. The van der Waals surface area contributed by atoms with Crippen LogP contribution in [-0.2, 0) is 4.79 Å². The molecule has 124 valence electrons. The van der Waals surface area contributed by atoms with Crippen LogP contribution >= 0.6 is 0 Å². The van der Waals surface area contributed by atoms with Crippen molar-refractivity contribution < 1.29 is 14.3 Å². The zero-order valence-corrected chi connectivity index (χ0v) is 13.6. The molecular formula is C17H18N4O3. The maximum Gasteiger partial charge on any atom is 0.207 e. The normalized spacial score (nSPS) is 16.7. The fourth-order valence-electron chi connectivity index (χ4n) is 3.12. The number of nitriles is 1. The van der Waals surface area contributed by atoms with Crippen molar-refractivity contribution in [2.45, 2.75) is 12.5 Å². The topological polar surface area (TPSA) is 87.5 Å². The number of rotatable bonds is 5. The van der Waals surface area contributed by atoms with Gasteiger partial charge in [0, 0.05) is 36.8 Å². The summed E-state index contributed by atoms with van der Waals surface area (Å²) in [5.74, 6) is 1.18. The Balaban J connectivity index is 2.14. The third-order valence-corrected chi connectivity index (χ3v) is 4.27. The van der Waals surface area contributed by atoms with Gasteiger partial charge in [0.2, 0.25) is 6.41 Å². The Kier molecular flexibility index (Phi) is 4.38. The molecule has 1 N–H and O–H groups in total. The summed E-state index contributed by atoms with van der Waals surface area (Å²) in [5.41, 5.74) is 2.05. The van der Waals surface area contributed by atoms with Crippen LogP contribution in [0.15, 0.2) is 18.3 Å². The second kappa shape index (κ2) is 6.62. The number of nitrogens with one attached hydrogen (secondary N) is 1. The first kappa shape index (κ1) is 15.9. The van der Waals surface area contributed by atoms with Crippen molar-refractivity contribution in [1.29, 1.82) is 5.26 Å². The standard InChI is InChI=1S/C17H18N4O3/c1-23-15-5-13-14(6-16(15)24-2)19-8-11(7-18)17(13)21-4-3-12(9-21)20-10-22/h5-6,8,10,12H,3-4,9H2,1-2H3,(H,20,22). The van der Waals surface area contributed by atoms with Crippen molar-refractivity contribution in [3.63, 3.8) is 0 Å². The third-order valence-electron chi connectivity index (χ3n) is 4.27. The highest BCUT2D eigenvalue weighted by molar-refractivity contribution is 5.96. The van der Waals surface area contributed by atoms with Crippen LogP contribution in [-0.4, -0.2) is 44.7 Å². The number of pyridine rings is 1. The number of anilines is 1. The Labute approximate surface area is 139 Å². The van der Waals surface area contributed by atoms with Crippen molar-refractivity contribution in [1.82, 2.24) is 10.3 Å². The van der Waals surface area contributed by atoms with Gasteiger partial charge in [-0.05, 0) is 12.5 Å². The summed E-state index contributed by atoms with van der Waals surface area (Å²) in [6, 6.07) is 5.94. The van der Waals surface area contributed by atoms with Crippen LogP contribution in [0, 0.1) is 11.3 Å². The molecule has 1 unspecified atom stereocenters. The van der Waals surface area contributed by atoms with Gasteiger partial charge in [0.05, 0.1) is 31.0 Å². The molecule has 0 saturated carbocycles. The molecule has 1 amide bonds. The molecule has 1 aromatic carbocycles. The minimum Gasteiger partial charge on any atom is -0.493 e. The number of carbonyl (C=O) groups is 1. The van der Waals surface area contributed by atoms with E-state index in [2.05, 4.69) is 21.3 Å². The summed E-state index contributed by atoms with van der Waals surface area (Å²) in [6.07, 6.45) is 3.13. The smallest absolute Gasteiger partial charge is 0.207 e. The molecule has 0 spiro atoms. The highest BCUT2D eigenvalue weighted by Gasteiger charge is 2.26. The van der Waals surface area contributed by atoms with Crippen LogP contribution in [0.1, 0.15) is 12.0 Å². The molecule has 1 aromatic heterocycles. The predicted octanol–water partition coefficient (Wildman–Crippen LogP) is 1.45. The van der Waals surface area contributed by atoms with Crippen LogP contribution in [0.4, 0.5) is 5.69 Å². The molecule has 1 atom stereocenters. The lowest BCUT2D eigenvalue weighted by Crippen LogP contribution is -2.31. The van der Waals surface area contributed by atoms with Crippen molar-refractivity contribution in [2.75, 3.05) is 32.2 Å². The van der Waals surface area contributed by atoms with Crippen LogP contribution in [0.3, 0.4) is 0 Å². The van der Waals surface area contributed by atoms with E-state index < -0.39 is 0 Å². The Morgan fingerprint density at radius 2 is 2.12 bits per heavy atom. The number of fused-ring (bicyclic) bond motifs is 1. The number of benzene rings is 1. The first-order valence-electron chi connectivity index (χ1n) is 7.61. The lowest BCUT2D eigenvalue weighted by Gasteiger charge is -2.22. The van der Waals surface area contributed by atoms with Crippen molar-refractivity contribution in [3.05, 3.63) is 23.9 Å². The van der Waals surface area contributed by atoms with E-state index in [1.807, 2.05) is 6.07 Å². The molecule has 3 rings (SSSR count). The monoisotopic (exact) mass is 326 g/mol. The van der Waals surface area contributed by atoms with E-state index in [4.69, 9.17) is 9.47 Å².